The van der Waals surface area contributed by atoms with Crippen molar-refractivity contribution in [3.05, 3.63) is 59.7 Å². The van der Waals surface area contributed by atoms with Crippen molar-refractivity contribution in [1.82, 2.24) is 0 Å². The predicted octanol–water partition coefficient (Wildman–Crippen LogP) is 3.85. The zero-order valence-electron chi connectivity index (χ0n) is 11.8. The van der Waals surface area contributed by atoms with E-state index < -0.39 is 18.1 Å². The number of hydrogen-bond acceptors (Lipinski definition) is 4. The van der Waals surface area contributed by atoms with E-state index in [0.717, 1.165) is 5.56 Å². The smallest absolute Gasteiger partial charge is 0.207 e. The minimum atomic E-state index is -3.56. The summed E-state index contributed by atoms with van der Waals surface area (Å²) in [5.74, 6) is 0. The second-order valence-corrected chi connectivity index (χ2v) is 9.55. The summed E-state index contributed by atoms with van der Waals surface area (Å²) in [7, 11) is 3.11. The van der Waals surface area contributed by atoms with Crippen LogP contribution >= 0.6 is 21.4 Å². The maximum atomic E-state index is 10.8. The lowest BCUT2D eigenvalue weighted by atomic mass is 10.2. The molecule has 0 amide bonds. The monoisotopic (exact) mass is 380 g/mol. The molecule has 0 atom stereocenters. The lowest BCUT2D eigenvalue weighted by Crippen LogP contribution is -1.92. The van der Waals surface area contributed by atoms with Crippen LogP contribution in [0.5, 0.6) is 0 Å². The Morgan fingerprint density at radius 1 is 0.727 bits per heavy atom. The fourth-order valence-corrected chi connectivity index (χ4v) is 3.51. The maximum absolute atomic E-state index is 10.8. The molecule has 2 aromatic carbocycles. The van der Waals surface area contributed by atoms with Crippen molar-refractivity contribution in [2.75, 3.05) is 0 Å². The van der Waals surface area contributed by atoms with Gasteiger partial charge in [0.25, 0.3) is 18.1 Å². The van der Waals surface area contributed by atoms with Gasteiger partial charge in [-0.1, -0.05) is 35.9 Å². The molecule has 0 aliphatic rings. The number of hydrogen-bond donors (Lipinski definition) is 0. The molecule has 8 heteroatoms. The Bertz CT molecular complexity index is 843. The molecule has 22 heavy (non-hydrogen) atoms. The fraction of sp³-hybridized carbons (Fsp3) is 0.143. The standard InChI is InChI=1S/2C7H7ClO2S/c1-6-2-4-7(5-3-6)11(8,9)10;1-6-4-2-3-5-7(6)11(8,9)10/h2*2-5H,1H3. The zero-order valence-corrected chi connectivity index (χ0v) is 15.0. The quantitative estimate of drug-likeness (QED) is 0.741. The summed E-state index contributed by atoms with van der Waals surface area (Å²) in [5, 5.41) is 0. The van der Waals surface area contributed by atoms with Crippen molar-refractivity contribution < 1.29 is 16.8 Å². The summed E-state index contributed by atoms with van der Waals surface area (Å²) in [6.07, 6.45) is 0. The first-order valence-corrected chi connectivity index (χ1v) is 10.7. The summed E-state index contributed by atoms with van der Waals surface area (Å²) in [6, 6.07) is 13.0. The van der Waals surface area contributed by atoms with Crippen LogP contribution in [0.2, 0.25) is 0 Å². The highest BCUT2D eigenvalue weighted by Gasteiger charge is 2.11. The van der Waals surface area contributed by atoms with Gasteiger partial charge in [0.05, 0.1) is 9.79 Å². The molecule has 120 valence electrons. The van der Waals surface area contributed by atoms with E-state index in [0.29, 0.717) is 5.56 Å². The Morgan fingerprint density at radius 2 is 1.23 bits per heavy atom. The molecular formula is C14H14Cl2O4S2. The Hall–Kier alpha value is -1.08. The summed E-state index contributed by atoms with van der Waals surface area (Å²) in [6.45, 7) is 3.58. The van der Waals surface area contributed by atoms with E-state index in [9.17, 15) is 16.8 Å². The molecule has 2 aromatic rings. The summed E-state index contributed by atoms with van der Waals surface area (Å²) >= 11 is 0. The third-order valence-electron chi connectivity index (χ3n) is 2.66. The van der Waals surface area contributed by atoms with Gasteiger partial charge in [0, 0.05) is 21.4 Å². The minimum Gasteiger partial charge on any atom is -0.207 e. The molecule has 0 heterocycles. The first-order valence-electron chi connectivity index (χ1n) is 6.03. The second kappa shape index (κ2) is 7.46. The fourth-order valence-electron chi connectivity index (χ4n) is 1.53. The molecule has 0 N–H and O–H groups in total. The van der Waals surface area contributed by atoms with E-state index >= 15 is 0 Å². The number of benzene rings is 2. The Labute approximate surface area is 139 Å². The maximum Gasteiger partial charge on any atom is 0.261 e. The molecular weight excluding hydrogens is 367 g/mol. The number of halogens is 2. The van der Waals surface area contributed by atoms with Crippen LogP contribution in [-0.4, -0.2) is 16.8 Å². The third kappa shape index (κ3) is 5.96. The summed E-state index contributed by atoms with van der Waals surface area (Å²) < 4.78 is 43.1. The topological polar surface area (TPSA) is 68.3 Å². The van der Waals surface area contributed by atoms with Crippen molar-refractivity contribution in [1.29, 1.82) is 0 Å². The van der Waals surface area contributed by atoms with Gasteiger partial charge in [0.2, 0.25) is 0 Å². The minimum absolute atomic E-state index is 0.143. The Balaban J connectivity index is 0.000000220. The predicted molar refractivity (Wildman–Crippen MR) is 88.4 cm³/mol. The van der Waals surface area contributed by atoms with Gasteiger partial charge in [-0.25, -0.2) is 16.8 Å². The van der Waals surface area contributed by atoms with Crippen LogP contribution in [0.1, 0.15) is 11.1 Å². The van der Waals surface area contributed by atoms with Gasteiger partial charge in [-0.2, -0.15) is 0 Å². The highest BCUT2D eigenvalue weighted by Crippen LogP contribution is 2.18. The van der Waals surface area contributed by atoms with Crippen LogP contribution in [0.15, 0.2) is 58.3 Å². The van der Waals surface area contributed by atoms with Crippen LogP contribution in [0, 0.1) is 13.8 Å². The van der Waals surface area contributed by atoms with Crippen molar-refractivity contribution in [2.24, 2.45) is 0 Å². The highest BCUT2D eigenvalue weighted by atomic mass is 35.7. The first kappa shape index (κ1) is 19.0. The molecule has 2 rings (SSSR count). The zero-order chi connectivity index (χ0) is 17.0. The van der Waals surface area contributed by atoms with Crippen LogP contribution in [0.4, 0.5) is 0 Å². The van der Waals surface area contributed by atoms with E-state index in [2.05, 4.69) is 0 Å². The molecule has 0 bridgehead atoms. The van der Waals surface area contributed by atoms with Crippen LogP contribution < -0.4 is 0 Å². The third-order valence-corrected chi connectivity index (χ3v) is 5.51. The highest BCUT2D eigenvalue weighted by molar-refractivity contribution is 8.14. The molecule has 4 nitrogen and oxygen atoms in total. The molecule has 0 radical (unpaired) electrons. The van der Waals surface area contributed by atoms with Crippen LogP contribution in [-0.2, 0) is 18.1 Å². The average molecular weight is 381 g/mol. The van der Waals surface area contributed by atoms with E-state index in [1.807, 2.05) is 6.92 Å². The Morgan fingerprint density at radius 3 is 1.59 bits per heavy atom. The van der Waals surface area contributed by atoms with Gasteiger partial charge < -0.3 is 0 Å². The number of aryl methyl sites for hydroxylation is 2. The van der Waals surface area contributed by atoms with Crippen molar-refractivity contribution in [2.45, 2.75) is 23.6 Å². The van der Waals surface area contributed by atoms with Crippen LogP contribution in [0.3, 0.4) is 0 Å². The van der Waals surface area contributed by atoms with Crippen molar-refractivity contribution in [3.8, 4) is 0 Å². The Kier molecular flexibility index (Phi) is 6.43. The largest absolute Gasteiger partial charge is 0.261 e. The molecule has 0 fully saturated rings. The summed E-state index contributed by atoms with van der Waals surface area (Å²) in [5.41, 5.74) is 1.68. The molecule has 0 spiro atoms. The van der Waals surface area contributed by atoms with Crippen LogP contribution in [0.25, 0.3) is 0 Å². The summed E-state index contributed by atoms with van der Waals surface area (Å²) in [4.78, 5) is 0.325. The van der Waals surface area contributed by atoms with E-state index in [1.165, 1.54) is 18.2 Å². The average Bonchev–Trinajstić information content (AvgIpc) is 2.38. The second-order valence-electron chi connectivity index (χ2n) is 4.45. The molecule has 0 saturated carbocycles. The normalized spacial score (nSPS) is 11.5. The van der Waals surface area contributed by atoms with E-state index in [-0.39, 0.29) is 9.79 Å². The van der Waals surface area contributed by atoms with E-state index in [1.54, 1.807) is 37.3 Å². The van der Waals surface area contributed by atoms with Gasteiger partial charge in [-0.3, -0.25) is 0 Å². The SMILES string of the molecule is Cc1ccc(S(=O)(=O)Cl)cc1.Cc1ccccc1S(=O)(=O)Cl. The molecule has 0 aliphatic carbocycles. The van der Waals surface area contributed by atoms with Gasteiger partial charge in [0.15, 0.2) is 0 Å². The van der Waals surface area contributed by atoms with Gasteiger partial charge in [-0.15, -0.1) is 0 Å². The lowest BCUT2D eigenvalue weighted by Gasteiger charge is -1.98. The molecule has 0 saturated heterocycles. The molecule has 0 unspecified atom stereocenters. The van der Waals surface area contributed by atoms with E-state index in [4.69, 9.17) is 21.4 Å². The van der Waals surface area contributed by atoms with Gasteiger partial charge >= 0.3 is 0 Å². The van der Waals surface area contributed by atoms with Gasteiger partial charge in [-0.05, 0) is 37.6 Å². The molecule has 0 aromatic heterocycles. The lowest BCUT2D eigenvalue weighted by molar-refractivity contribution is 0.607. The van der Waals surface area contributed by atoms with Crippen molar-refractivity contribution in [3.63, 3.8) is 0 Å². The van der Waals surface area contributed by atoms with Gasteiger partial charge in [0.1, 0.15) is 0 Å². The molecule has 0 aliphatic heterocycles. The van der Waals surface area contributed by atoms with Crippen molar-refractivity contribution >= 4 is 39.5 Å². The number of rotatable bonds is 2. The first-order chi connectivity index (χ1) is 10.0.